The summed E-state index contributed by atoms with van der Waals surface area (Å²) in [5.41, 5.74) is 6.15. The SMILES string of the molecule is CCCC1CCCN(c2ccc(C(=N)N)cn2)CC1. The lowest BCUT2D eigenvalue weighted by Gasteiger charge is -2.21. The Morgan fingerprint density at radius 3 is 2.89 bits per heavy atom. The van der Waals surface area contributed by atoms with E-state index in [1.54, 1.807) is 6.20 Å². The first-order chi connectivity index (χ1) is 9.20. The van der Waals surface area contributed by atoms with Crippen LogP contribution < -0.4 is 10.6 Å². The second kappa shape index (κ2) is 6.55. The van der Waals surface area contributed by atoms with E-state index >= 15 is 0 Å². The number of nitrogens with one attached hydrogen (secondary N) is 1. The molecule has 2 heterocycles. The number of hydrogen-bond donors (Lipinski definition) is 2. The van der Waals surface area contributed by atoms with Crippen LogP contribution in [0, 0.1) is 11.3 Å². The fourth-order valence-corrected chi connectivity index (χ4v) is 2.82. The summed E-state index contributed by atoms with van der Waals surface area (Å²) in [6, 6.07) is 3.87. The van der Waals surface area contributed by atoms with Crippen molar-refractivity contribution < 1.29 is 0 Å². The summed E-state index contributed by atoms with van der Waals surface area (Å²) < 4.78 is 0. The van der Waals surface area contributed by atoms with Crippen LogP contribution in [0.15, 0.2) is 18.3 Å². The number of nitrogen functional groups attached to an aromatic ring is 1. The van der Waals surface area contributed by atoms with E-state index in [9.17, 15) is 0 Å². The van der Waals surface area contributed by atoms with Crippen LogP contribution in [0.4, 0.5) is 5.82 Å². The van der Waals surface area contributed by atoms with Crippen molar-refractivity contribution in [2.24, 2.45) is 11.7 Å². The highest BCUT2D eigenvalue weighted by atomic mass is 15.2. The lowest BCUT2D eigenvalue weighted by molar-refractivity contribution is 0.435. The molecule has 1 fully saturated rings. The summed E-state index contributed by atoms with van der Waals surface area (Å²) in [5.74, 6) is 1.98. The van der Waals surface area contributed by atoms with Crippen LogP contribution >= 0.6 is 0 Å². The molecule has 0 spiro atoms. The molecule has 1 aromatic heterocycles. The molecule has 0 aliphatic carbocycles. The summed E-state index contributed by atoms with van der Waals surface area (Å²) >= 11 is 0. The zero-order valence-electron chi connectivity index (χ0n) is 11.7. The molecule has 3 N–H and O–H groups in total. The molecule has 104 valence electrons. The average Bonchev–Trinajstić information content (AvgIpc) is 2.65. The Kier molecular flexibility index (Phi) is 4.77. The van der Waals surface area contributed by atoms with Gasteiger partial charge in [0.05, 0.1) is 0 Å². The minimum atomic E-state index is 0.0814. The number of pyridine rings is 1. The molecule has 19 heavy (non-hydrogen) atoms. The van der Waals surface area contributed by atoms with Crippen molar-refractivity contribution >= 4 is 11.7 Å². The maximum absolute atomic E-state index is 7.38. The van der Waals surface area contributed by atoms with Gasteiger partial charge in [0, 0.05) is 24.8 Å². The molecule has 1 aliphatic heterocycles. The number of aromatic nitrogens is 1. The van der Waals surface area contributed by atoms with Gasteiger partial charge >= 0.3 is 0 Å². The van der Waals surface area contributed by atoms with E-state index in [0.29, 0.717) is 5.56 Å². The summed E-state index contributed by atoms with van der Waals surface area (Å²) in [4.78, 5) is 6.80. The van der Waals surface area contributed by atoms with Crippen molar-refractivity contribution in [1.82, 2.24) is 4.98 Å². The fourth-order valence-electron chi connectivity index (χ4n) is 2.82. The molecular weight excluding hydrogens is 236 g/mol. The summed E-state index contributed by atoms with van der Waals surface area (Å²) in [6.45, 7) is 4.45. The van der Waals surface area contributed by atoms with Crippen LogP contribution in [-0.2, 0) is 0 Å². The van der Waals surface area contributed by atoms with Gasteiger partial charge in [-0.05, 0) is 37.3 Å². The third kappa shape index (κ3) is 3.69. The van der Waals surface area contributed by atoms with E-state index in [4.69, 9.17) is 11.1 Å². The lowest BCUT2D eigenvalue weighted by atomic mass is 9.96. The molecule has 1 atom stereocenters. The van der Waals surface area contributed by atoms with Gasteiger partial charge in [0.1, 0.15) is 11.7 Å². The van der Waals surface area contributed by atoms with E-state index in [1.165, 1.54) is 32.1 Å². The van der Waals surface area contributed by atoms with Gasteiger partial charge in [-0.3, -0.25) is 5.41 Å². The van der Waals surface area contributed by atoms with Gasteiger partial charge in [0.25, 0.3) is 0 Å². The van der Waals surface area contributed by atoms with Crippen molar-refractivity contribution in [2.75, 3.05) is 18.0 Å². The number of nitrogens with zero attached hydrogens (tertiary/aromatic N) is 2. The molecule has 4 heteroatoms. The highest BCUT2D eigenvalue weighted by Gasteiger charge is 2.17. The Balaban J connectivity index is 1.99. The van der Waals surface area contributed by atoms with Crippen LogP contribution in [0.3, 0.4) is 0 Å². The zero-order chi connectivity index (χ0) is 13.7. The molecule has 0 bridgehead atoms. The third-order valence-electron chi connectivity index (χ3n) is 3.93. The van der Waals surface area contributed by atoms with Crippen molar-refractivity contribution in [2.45, 2.75) is 39.0 Å². The molecular formula is C15H24N4. The smallest absolute Gasteiger partial charge is 0.128 e. The second-order valence-electron chi connectivity index (χ2n) is 5.39. The van der Waals surface area contributed by atoms with Gasteiger partial charge in [-0.15, -0.1) is 0 Å². The molecule has 0 amide bonds. The normalized spacial score (nSPS) is 20.1. The first-order valence-electron chi connectivity index (χ1n) is 7.26. The number of anilines is 1. The third-order valence-corrected chi connectivity index (χ3v) is 3.93. The molecule has 0 radical (unpaired) electrons. The second-order valence-corrected chi connectivity index (χ2v) is 5.39. The van der Waals surface area contributed by atoms with Gasteiger partial charge in [-0.1, -0.05) is 19.8 Å². The monoisotopic (exact) mass is 260 g/mol. The van der Waals surface area contributed by atoms with Crippen molar-refractivity contribution in [3.8, 4) is 0 Å². The predicted octanol–water partition coefficient (Wildman–Crippen LogP) is 2.77. The number of amidine groups is 1. The largest absolute Gasteiger partial charge is 0.384 e. The fraction of sp³-hybridized carbons (Fsp3) is 0.600. The summed E-state index contributed by atoms with van der Waals surface area (Å²) in [5, 5.41) is 7.38. The lowest BCUT2D eigenvalue weighted by Crippen LogP contribution is -2.25. The van der Waals surface area contributed by atoms with Crippen molar-refractivity contribution in [3.05, 3.63) is 23.9 Å². The molecule has 1 unspecified atom stereocenters. The maximum atomic E-state index is 7.38. The molecule has 0 saturated carbocycles. The molecule has 0 aromatic carbocycles. The van der Waals surface area contributed by atoms with Crippen LogP contribution in [-0.4, -0.2) is 23.9 Å². The van der Waals surface area contributed by atoms with E-state index in [2.05, 4.69) is 16.8 Å². The number of rotatable bonds is 4. The van der Waals surface area contributed by atoms with E-state index in [1.807, 2.05) is 12.1 Å². The first kappa shape index (κ1) is 13.8. The average molecular weight is 260 g/mol. The minimum Gasteiger partial charge on any atom is -0.384 e. The van der Waals surface area contributed by atoms with Gasteiger partial charge in [0.15, 0.2) is 0 Å². The number of hydrogen-bond acceptors (Lipinski definition) is 3. The van der Waals surface area contributed by atoms with Gasteiger partial charge < -0.3 is 10.6 Å². The van der Waals surface area contributed by atoms with Crippen molar-refractivity contribution in [3.63, 3.8) is 0 Å². The highest BCUT2D eigenvalue weighted by molar-refractivity contribution is 5.94. The summed E-state index contributed by atoms with van der Waals surface area (Å²) in [6.07, 6.45) is 8.20. The molecule has 2 rings (SSSR count). The first-order valence-corrected chi connectivity index (χ1v) is 7.26. The molecule has 1 aromatic rings. The summed E-state index contributed by atoms with van der Waals surface area (Å²) in [7, 11) is 0. The highest BCUT2D eigenvalue weighted by Crippen LogP contribution is 2.24. The Bertz CT molecular complexity index is 413. The molecule has 1 saturated heterocycles. The standard InChI is InChI=1S/C15H24N4/c1-2-4-12-5-3-9-19(10-8-12)14-7-6-13(11-18-14)15(16)17/h6-7,11-12H,2-5,8-10H2,1H3,(H3,16,17). The van der Waals surface area contributed by atoms with Gasteiger partial charge in [-0.2, -0.15) is 0 Å². The van der Waals surface area contributed by atoms with Gasteiger partial charge in [0.2, 0.25) is 0 Å². The zero-order valence-corrected chi connectivity index (χ0v) is 11.7. The van der Waals surface area contributed by atoms with Gasteiger partial charge in [-0.25, -0.2) is 4.98 Å². The van der Waals surface area contributed by atoms with Crippen LogP contribution in [0.5, 0.6) is 0 Å². The Morgan fingerprint density at radius 2 is 2.26 bits per heavy atom. The Morgan fingerprint density at radius 1 is 1.42 bits per heavy atom. The van der Waals surface area contributed by atoms with E-state index in [-0.39, 0.29) is 5.84 Å². The minimum absolute atomic E-state index is 0.0814. The van der Waals surface area contributed by atoms with E-state index < -0.39 is 0 Å². The molecule has 4 nitrogen and oxygen atoms in total. The van der Waals surface area contributed by atoms with Crippen LogP contribution in [0.2, 0.25) is 0 Å². The topological polar surface area (TPSA) is 66.0 Å². The predicted molar refractivity (Wildman–Crippen MR) is 79.7 cm³/mol. The van der Waals surface area contributed by atoms with Crippen LogP contribution in [0.1, 0.15) is 44.6 Å². The Hall–Kier alpha value is -1.58. The number of nitrogens with two attached hydrogens (primary N) is 1. The van der Waals surface area contributed by atoms with Crippen molar-refractivity contribution in [1.29, 1.82) is 5.41 Å². The quantitative estimate of drug-likeness (QED) is 0.646. The Labute approximate surface area is 115 Å². The van der Waals surface area contributed by atoms with E-state index in [0.717, 1.165) is 24.8 Å². The maximum Gasteiger partial charge on any atom is 0.128 e. The van der Waals surface area contributed by atoms with Crippen LogP contribution in [0.25, 0.3) is 0 Å². The molecule has 1 aliphatic rings.